The molecule has 0 saturated carbocycles. The highest BCUT2D eigenvalue weighted by atomic mass is 35.5. The number of nitrogens with two attached hydrogens (primary N) is 1. The Kier molecular flexibility index (Phi) is 4.03. The van der Waals surface area contributed by atoms with Crippen molar-refractivity contribution in [2.75, 3.05) is 0 Å². The summed E-state index contributed by atoms with van der Waals surface area (Å²) in [7, 11) is 0. The van der Waals surface area contributed by atoms with Crippen molar-refractivity contribution in [1.82, 2.24) is 0 Å². The summed E-state index contributed by atoms with van der Waals surface area (Å²) in [5, 5.41) is -0.348. The van der Waals surface area contributed by atoms with E-state index in [1.54, 1.807) is 13.8 Å². The fraction of sp³-hybridized carbons (Fsp3) is 0.364. The van der Waals surface area contributed by atoms with Crippen LogP contribution in [0.1, 0.15) is 19.4 Å². The maximum atomic E-state index is 12.6. The third-order valence-corrected chi connectivity index (χ3v) is 2.43. The van der Waals surface area contributed by atoms with E-state index in [2.05, 4.69) is 4.99 Å². The number of hydrogen-bond donors (Lipinski definition) is 1. The van der Waals surface area contributed by atoms with E-state index in [1.165, 1.54) is 6.07 Å². The van der Waals surface area contributed by atoms with Gasteiger partial charge in [0.05, 0.1) is 16.3 Å². The van der Waals surface area contributed by atoms with Crippen molar-refractivity contribution in [2.24, 2.45) is 16.6 Å². The van der Waals surface area contributed by atoms with Crippen LogP contribution in [0.5, 0.6) is 0 Å². The highest BCUT2D eigenvalue weighted by molar-refractivity contribution is 6.31. The van der Waals surface area contributed by atoms with Gasteiger partial charge >= 0.3 is 6.18 Å². The van der Waals surface area contributed by atoms with Crippen LogP contribution in [0.4, 0.5) is 18.9 Å². The summed E-state index contributed by atoms with van der Waals surface area (Å²) in [6.45, 7) is 3.61. The Morgan fingerprint density at radius 2 is 1.94 bits per heavy atom. The van der Waals surface area contributed by atoms with Crippen LogP contribution in [0.3, 0.4) is 0 Å². The molecule has 2 nitrogen and oxygen atoms in total. The lowest BCUT2D eigenvalue weighted by molar-refractivity contribution is -0.137. The van der Waals surface area contributed by atoms with Gasteiger partial charge in [-0.1, -0.05) is 25.4 Å². The van der Waals surface area contributed by atoms with Crippen LogP contribution in [0.15, 0.2) is 23.2 Å². The summed E-state index contributed by atoms with van der Waals surface area (Å²) in [5.74, 6) is 0.250. The van der Waals surface area contributed by atoms with Gasteiger partial charge in [-0.3, -0.25) is 0 Å². The molecule has 17 heavy (non-hydrogen) atoms. The molecular weight excluding hydrogens is 253 g/mol. The molecule has 0 atom stereocenters. The molecule has 0 radical (unpaired) electrons. The van der Waals surface area contributed by atoms with E-state index in [4.69, 9.17) is 17.3 Å². The summed E-state index contributed by atoms with van der Waals surface area (Å²) >= 11 is 5.48. The lowest BCUT2D eigenvalue weighted by Crippen LogP contribution is -2.18. The van der Waals surface area contributed by atoms with Gasteiger partial charge in [-0.25, -0.2) is 4.99 Å². The Morgan fingerprint density at radius 3 is 2.41 bits per heavy atom. The third kappa shape index (κ3) is 3.63. The van der Waals surface area contributed by atoms with Crippen molar-refractivity contribution in [3.05, 3.63) is 28.8 Å². The fourth-order valence-electron chi connectivity index (χ4n) is 1.08. The molecule has 2 N–H and O–H groups in total. The van der Waals surface area contributed by atoms with Gasteiger partial charge in [0.1, 0.15) is 5.84 Å². The van der Waals surface area contributed by atoms with Crippen LogP contribution in [0.2, 0.25) is 5.02 Å². The molecule has 0 spiro atoms. The second-order valence-corrected chi connectivity index (χ2v) is 4.26. The number of rotatable bonds is 2. The summed E-state index contributed by atoms with van der Waals surface area (Å²) < 4.78 is 37.7. The van der Waals surface area contributed by atoms with Gasteiger partial charge in [0.2, 0.25) is 0 Å². The van der Waals surface area contributed by atoms with Gasteiger partial charge in [0.25, 0.3) is 0 Å². The maximum absolute atomic E-state index is 12.6. The zero-order valence-electron chi connectivity index (χ0n) is 9.35. The van der Waals surface area contributed by atoms with Gasteiger partial charge in [-0.05, 0) is 18.2 Å². The lowest BCUT2D eigenvalue weighted by atomic mass is 10.1. The number of hydrogen-bond acceptors (Lipinski definition) is 1. The van der Waals surface area contributed by atoms with Gasteiger partial charge in [0, 0.05) is 5.92 Å². The Labute approximate surface area is 102 Å². The van der Waals surface area contributed by atoms with Crippen molar-refractivity contribution >= 4 is 23.1 Å². The van der Waals surface area contributed by atoms with Crippen LogP contribution in [-0.2, 0) is 6.18 Å². The topological polar surface area (TPSA) is 38.4 Å². The molecule has 94 valence electrons. The minimum atomic E-state index is -4.49. The summed E-state index contributed by atoms with van der Waals surface area (Å²) in [4.78, 5) is 3.91. The smallest absolute Gasteiger partial charge is 0.387 e. The quantitative estimate of drug-likeness (QED) is 0.636. The molecule has 6 heteroatoms. The molecule has 0 saturated heterocycles. The van der Waals surface area contributed by atoms with Crippen molar-refractivity contribution in [3.8, 4) is 0 Å². The van der Waals surface area contributed by atoms with Crippen LogP contribution in [0, 0.1) is 5.92 Å². The van der Waals surface area contributed by atoms with E-state index in [0.29, 0.717) is 0 Å². The number of alkyl halides is 3. The molecular formula is C11H12ClF3N2. The highest BCUT2D eigenvalue weighted by Gasteiger charge is 2.33. The Hall–Kier alpha value is -1.23. The zero-order chi connectivity index (χ0) is 13.2. The number of halogens is 4. The first-order valence-electron chi connectivity index (χ1n) is 4.92. The SMILES string of the molecule is CC(C)C(N)=Nc1ccc(Cl)c(C(F)(F)F)c1. The highest BCUT2D eigenvalue weighted by Crippen LogP contribution is 2.36. The van der Waals surface area contributed by atoms with Crippen LogP contribution < -0.4 is 5.73 Å². The first-order valence-corrected chi connectivity index (χ1v) is 5.30. The van der Waals surface area contributed by atoms with Gasteiger partial charge in [-0.2, -0.15) is 13.2 Å². The van der Waals surface area contributed by atoms with E-state index in [-0.39, 0.29) is 22.5 Å². The molecule has 0 fully saturated rings. The molecule has 0 aliphatic heterocycles. The predicted molar refractivity (Wildman–Crippen MR) is 62.6 cm³/mol. The largest absolute Gasteiger partial charge is 0.417 e. The van der Waals surface area contributed by atoms with Gasteiger partial charge in [0.15, 0.2) is 0 Å². The number of aliphatic imine (C=N–C) groups is 1. The monoisotopic (exact) mass is 264 g/mol. The predicted octanol–water partition coefficient (Wildman–Crippen LogP) is 4.00. The Morgan fingerprint density at radius 1 is 1.35 bits per heavy atom. The van der Waals surface area contributed by atoms with Crippen molar-refractivity contribution in [1.29, 1.82) is 0 Å². The molecule has 0 aliphatic rings. The number of benzene rings is 1. The lowest BCUT2D eigenvalue weighted by Gasteiger charge is -2.10. The first kappa shape index (κ1) is 13.8. The normalized spacial score (nSPS) is 13.2. The maximum Gasteiger partial charge on any atom is 0.417 e. The summed E-state index contributed by atoms with van der Waals surface area (Å²) in [5.41, 5.74) is 4.82. The van der Waals surface area contributed by atoms with E-state index in [9.17, 15) is 13.2 Å². The minimum absolute atomic E-state index is 0.0278. The molecule has 0 amide bonds. The zero-order valence-corrected chi connectivity index (χ0v) is 10.1. The second kappa shape index (κ2) is 4.96. The van der Waals surface area contributed by atoms with E-state index in [1.807, 2.05) is 0 Å². The molecule has 1 aromatic carbocycles. The standard InChI is InChI=1S/C11H12ClF3N2/c1-6(2)10(16)17-7-3-4-9(12)8(5-7)11(13,14)15/h3-6H,1-2H3,(H2,16,17). The Bertz CT molecular complexity index is 439. The van der Waals surface area contributed by atoms with E-state index < -0.39 is 11.7 Å². The average Bonchev–Trinajstić information content (AvgIpc) is 2.19. The minimum Gasteiger partial charge on any atom is -0.387 e. The number of amidine groups is 1. The molecule has 0 aromatic heterocycles. The van der Waals surface area contributed by atoms with Crippen molar-refractivity contribution < 1.29 is 13.2 Å². The fourth-order valence-corrected chi connectivity index (χ4v) is 1.30. The molecule has 0 bridgehead atoms. The van der Waals surface area contributed by atoms with E-state index >= 15 is 0 Å². The van der Waals surface area contributed by atoms with Gasteiger partial charge in [-0.15, -0.1) is 0 Å². The second-order valence-electron chi connectivity index (χ2n) is 3.85. The molecule has 1 rings (SSSR count). The Balaban J connectivity index is 3.18. The number of nitrogens with zero attached hydrogens (tertiary/aromatic N) is 1. The summed E-state index contributed by atoms with van der Waals surface area (Å²) in [6.07, 6.45) is -4.49. The third-order valence-electron chi connectivity index (χ3n) is 2.11. The molecule has 0 heterocycles. The van der Waals surface area contributed by atoms with Crippen LogP contribution in [-0.4, -0.2) is 5.84 Å². The molecule has 0 aliphatic carbocycles. The molecule has 1 aromatic rings. The van der Waals surface area contributed by atoms with Crippen molar-refractivity contribution in [3.63, 3.8) is 0 Å². The van der Waals surface area contributed by atoms with Crippen molar-refractivity contribution in [2.45, 2.75) is 20.0 Å². The van der Waals surface area contributed by atoms with Crippen LogP contribution in [0.25, 0.3) is 0 Å². The summed E-state index contributed by atoms with van der Waals surface area (Å²) in [6, 6.07) is 3.45. The first-order chi connectivity index (χ1) is 7.71. The van der Waals surface area contributed by atoms with Crippen LogP contribution >= 0.6 is 11.6 Å². The van der Waals surface area contributed by atoms with Gasteiger partial charge < -0.3 is 5.73 Å². The van der Waals surface area contributed by atoms with E-state index in [0.717, 1.165) is 12.1 Å². The average molecular weight is 265 g/mol. The molecule has 0 unspecified atom stereocenters.